The third-order valence-corrected chi connectivity index (χ3v) is 3.13. The highest BCUT2D eigenvalue weighted by Crippen LogP contribution is 2.26. The SMILES string of the molecule is OC1CC(CNC2C=CCCC2)C1. The molecule has 1 unspecified atom stereocenters. The summed E-state index contributed by atoms with van der Waals surface area (Å²) in [5, 5.41) is 12.7. The summed E-state index contributed by atoms with van der Waals surface area (Å²) in [5.74, 6) is 0.727. The quantitative estimate of drug-likeness (QED) is 0.646. The van der Waals surface area contributed by atoms with E-state index in [0.717, 1.165) is 25.3 Å². The van der Waals surface area contributed by atoms with E-state index in [-0.39, 0.29) is 6.10 Å². The molecule has 0 spiro atoms. The van der Waals surface area contributed by atoms with E-state index in [1.54, 1.807) is 0 Å². The summed E-state index contributed by atoms with van der Waals surface area (Å²) in [6.07, 6.45) is 10.4. The number of nitrogens with one attached hydrogen (secondary N) is 1. The molecule has 2 rings (SSSR count). The van der Waals surface area contributed by atoms with Crippen molar-refractivity contribution in [3.63, 3.8) is 0 Å². The number of aliphatic hydroxyl groups excluding tert-OH is 1. The highest BCUT2D eigenvalue weighted by atomic mass is 16.3. The van der Waals surface area contributed by atoms with Gasteiger partial charge < -0.3 is 10.4 Å². The lowest BCUT2D eigenvalue weighted by Gasteiger charge is -2.32. The maximum absolute atomic E-state index is 9.11. The molecule has 13 heavy (non-hydrogen) atoms. The van der Waals surface area contributed by atoms with Gasteiger partial charge in [0.05, 0.1) is 6.10 Å². The second kappa shape index (κ2) is 4.25. The third kappa shape index (κ3) is 2.55. The summed E-state index contributed by atoms with van der Waals surface area (Å²) in [6.45, 7) is 1.09. The van der Waals surface area contributed by atoms with Crippen molar-refractivity contribution < 1.29 is 5.11 Å². The number of allylic oxidation sites excluding steroid dienone is 1. The van der Waals surface area contributed by atoms with E-state index < -0.39 is 0 Å². The Balaban J connectivity index is 1.62. The standard InChI is InChI=1S/C11H19NO/c13-11-6-9(7-11)8-12-10-4-2-1-3-5-10/h2,4,9-13H,1,3,5-8H2. The average Bonchev–Trinajstić information content (AvgIpc) is 2.12. The summed E-state index contributed by atoms with van der Waals surface area (Å²) in [7, 11) is 0. The second-order valence-corrected chi connectivity index (χ2v) is 4.37. The minimum Gasteiger partial charge on any atom is -0.393 e. The molecule has 1 saturated carbocycles. The molecule has 2 aliphatic carbocycles. The Labute approximate surface area is 80.0 Å². The molecular formula is C11H19NO. The zero-order chi connectivity index (χ0) is 9.10. The molecule has 2 N–H and O–H groups in total. The Morgan fingerprint density at radius 2 is 2.23 bits per heavy atom. The molecule has 0 aromatic carbocycles. The summed E-state index contributed by atoms with van der Waals surface area (Å²) >= 11 is 0. The Morgan fingerprint density at radius 3 is 2.85 bits per heavy atom. The van der Waals surface area contributed by atoms with Crippen LogP contribution in [-0.2, 0) is 0 Å². The number of hydrogen-bond acceptors (Lipinski definition) is 2. The molecule has 74 valence electrons. The van der Waals surface area contributed by atoms with Crippen molar-refractivity contribution in [2.45, 2.75) is 44.2 Å². The Kier molecular flexibility index (Phi) is 3.01. The molecule has 2 heteroatoms. The predicted octanol–water partition coefficient (Wildman–Crippen LogP) is 1.46. The maximum atomic E-state index is 9.11. The molecule has 2 aliphatic rings. The highest BCUT2D eigenvalue weighted by Gasteiger charge is 2.27. The molecule has 0 aromatic heterocycles. The molecule has 0 amide bonds. The van der Waals surface area contributed by atoms with Gasteiger partial charge in [-0.3, -0.25) is 0 Å². The van der Waals surface area contributed by atoms with Gasteiger partial charge in [-0.25, -0.2) is 0 Å². The van der Waals surface area contributed by atoms with Crippen LogP contribution in [0.4, 0.5) is 0 Å². The Hall–Kier alpha value is -0.340. The number of hydrogen-bond donors (Lipinski definition) is 2. The smallest absolute Gasteiger partial charge is 0.0546 e. The fourth-order valence-corrected chi connectivity index (χ4v) is 2.17. The van der Waals surface area contributed by atoms with Crippen LogP contribution in [0.2, 0.25) is 0 Å². The molecule has 0 aromatic rings. The summed E-state index contributed by atoms with van der Waals surface area (Å²) in [5.41, 5.74) is 0. The summed E-state index contributed by atoms with van der Waals surface area (Å²) < 4.78 is 0. The minimum atomic E-state index is -0.00584. The van der Waals surface area contributed by atoms with Crippen molar-refractivity contribution in [2.75, 3.05) is 6.54 Å². The fraction of sp³-hybridized carbons (Fsp3) is 0.818. The van der Waals surface area contributed by atoms with E-state index in [0.29, 0.717) is 6.04 Å². The van der Waals surface area contributed by atoms with Gasteiger partial charge in [0.1, 0.15) is 0 Å². The molecule has 2 nitrogen and oxygen atoms in total. The molecule has 1 atom stereocenters. The maximum Gasteiger partial charge on any atom is 0.0546 e. The average molecular weight is 181 g/mol. The lowest BCUT2D eigenvalue weighted by atomic mass is 9.82. The van der Waals surface area contributed by atoms with Crippen molar-refractivity contribution in [1.82, 2.24) is 5.32 Å². The van der Waals surface area contributed by atoms with Crippen LogP contribution in [0.25, 0.3) is 0 Å². The van der Waals surface area contributed by atoms with Crippen LogP contribution < -0.4 is 5.32 Å². The van der Waals surface area contributed by atoms with E-state index in [1.165, 1.54) is 19.3 Å². The first kappa shape index (κ1) is 9.22. The molecule has 0 saturated heterocycles. The molecule has 0 heterocycles. The van der Waals surface area contributed by atoms with E-state index in [4.69, 9.17) is 5.11 Å². The van der Waals surface area contributed by atoms with Gasteiger partial charge in [0.15, 0.2) is 0 Å². The van der Waals surface area contributed by atoms with Crippen molar-refractivity contribution >= 4 is 0 Å². The fourth-order valence-electron chi connectivity index (χ4n) is 2.17. The van der Waals surface area contributed by atoms with Crippen molar-refractivity contribution in [2.24, 2.45) is 5.92 Å². The van der Waals surface area contributed by atoms with Crippen molar-refractivity contribution in [1.29, 1.82) is 0 Å². The van der Waals surface area contributed by atoms with E-state index >= 15 is 0 Å². The van der Waals surface area contributed by atoms with Crippen LogP contribution in [0.15, 0.2) is 12.2 Å². The van der Waals surface area contributed by atoms with Crippen molar-refractivity contribution in [3.8, 4) is 0 Å². The zero-order valence-corrected chi connectivity index (χ0v) is 8.08. The largest absolute Gasteiger partial charge is 0.393 e. The van der Waals surface area contributed by atoms with Crippen LogP contribution in [0.1, 0.15) is 32.1 Å². The first-order valence-electron chi connectivity index (χ1n) is 5.42. The van der Waals surface area contributed by atoms with Gasteiger partial charge in [0.25, 0.3) is 0 Å². The third-order valence-electron chi connectivity index (χ3n) is 3.13. The molecule has 1 fully saturated rings. The van der Waals surface area contributed by atoms with E-state index in [2.05, 4.69) is 17.5 Å². The van der Waals surface area contributed by atoms with E-state index in [1.807, 2.05) is 0 Å². The van der Waals surface area contributed by atoms with Crippen molar-refractivity contribution in [3.05, 3.63) is 12.2 Å². The summed E-state index contributed by atoms with van der Waals surface area (Å²) in [4.78, 5) is 0. The normalized spacial score (nSPS) is 38.7. The predicted molar refractivity (Wildman–Crippen MR) is 53.5 cm³/mol. The van der Waals surface area contributed by atoms with Crippen LogP contribution in [0.3, 0.4) is 0 Å². The van der Waals surface area contributed by atoms with Crippen LogP contribution in [0, 0.1) is 5.92 Å². The Morgan fingerprint density at radius 1 is 1.38 bits per heavy atom. The first-order chi connectivity index (χ1) is 6.34. The lowest BCUT2D eigenvalue weighted by Crippen LogP contribution is -2.40. The monoisotopic (exact) mass is 181 g/mol. The minimum absolute atomic E-state index is 0.00584. The number of aliphatic hydroxyl groups is 1. The van der Waals surface area contributed by atoms with Crippen LogP contribution >= 0.6 is 0 Å². The van der Waals surface area contributed by atoms with Crippen LogP contribution in [-0.4, -0.2) is 23.8 Å². The molecular weight excluding hydrogens is 162 g/mol. The first-order valence-corrected chi connectivity index (χ1v) is 5.42. The van der Waals surface area contributed by atoms with Gasteiger partial charge in [-0.15, -0.1) is 0 Å². The van der Waals surface area contributed by atoms with Gasteiger partial charge >= 0.3 is 0 Å². The van der Waals surface area contributed by atoms with Gasteiger partial charge in [-0.2, -0.15) is 0 Å². The van der Waals surface area contributed by atoms with Gasteiger partial charge in [0, 0.05) is 6.04 Å². The van der Waals surface area contributed by atoms with Gasteiger partial charge in [-0.1, -0.05) is 12.2 Å². The topological polar surface area (TPSA) is 32.3 Å². The highest BCUT2D eigenvalue weighted by molar-refractivity contribution is 4.98. The molecule has 0 radical (unpaired) electrons. The second-order valence-electron chi connectivity index (χ2n) is 4.37. The van der Waals surface area contributed by atoms with E-state index in [9.17, 15) is 0 Å². The summed E-state index contributed by atoms with van der Waals surface area (Å²) in [6, 6.07) is 0.603. The number of rotatable bonds is 3. The lowest BCUT2D eigenvalue weighted by molar-refractivity contribution is 0.0422. The van der Waals surface area contributed by atoms with Crippen LogP contribution in [0.5, 0.6) is 0 Å². The zero-order valence-electron chi connectivity index (χ0n) is 8.08. The Bertz CT molecular complexity index is 185. The molecule has 0 bridgehead atoms. The molecule has 0 aliphatic heterocycles. The van der Waals surface area contributed by atoms with Gasteiger partial charge in [0.2, 0.25) is 0 Å². The van der Waals surface area contributed by atoms with Gasteiger partial charge in [-0.05, 0) is 44.6 Å².